The zero-order chi connectivity index (χ0) is 29.5. The van der Waals surface area contributed by atoms with E-state index in [9.17, 15) is 19.5 Å². The molecule has 9 heteroatoms. The van der Waals surface area contributed by atoms with Crippen molar-refractivity contribution in [3.63, 3.8) is 0 Å². The molecular formula is C30H48BrN3O5. The van der Waals surface area contributed by atoms with Gasteiger partial charge in [-0.05, 0) is 45.4 Å². The SMILES string of the molecule is C=CCN(CCC)C(=O)[C@H]1[C@H]2C(=O)N([C@H](C)CO)C(C(=O)N(CC=C)C(C)(C)CC(C)(C)C)C23CC(Br)[C@@H]1O3. The Morgan fingerprint density at radius 3 is 2.33 bits per heavy atom. The molecule has 8 nitrogen and oxygen atoms in total. The fraction of sp³-hybridized carbons (Fsp3) is 0.767. The lowest BCUT2D eigenvalue weighted by Crippen LogP contribution is -2.62. The molecular weight excluding hydrogens is 562 g/mol. The van der Waals surface area contributed by atoms with Crippen LogP contribution in [-0.2, 0) is 19.1 Å². The third-order valence-corrected chi connectivity index (χ3v) is 9.26. The van der Waals surface area contributed by atoms with Crippen LogP contribution in [0.1, 0.15) is 67.7 Å². The monoisotopic (exact) mass is 609 g/mol. The predicted molar refractivity (Wildman–Crippen MR) is 156 cm³/mol. The Bertz CT molecular complexity index is 978. The summed E-state index contributed by atoms with van der Waals surface area (Å²) in [4.78, 5) is 47.8. The largest absolute Gasteiger partial charge is 0.394 e. The number of halogens is 1. The van der Waals surface area contributed by atoms with Crippen molar-refractivity contribution >= 4 is 33.7 Å². The molecule has 3 aliphatic rings. The number of carbonyl (C=O) groups is 3. The third kappa shape index (κ3) is 5.60. The molecule has 1 spiro atoms. The number of aliphatic hydroxyl groups is 1. The minimum absolute atomic E-state index is 0.0533. The maximum absolute atomic E-state index is 14.7. The van der Waals surface area contributed by atoms with E-state index in [0.717, 1.165) is 12.8 Å². The van der Waals surface area contributed by atoms with Gasteiger partial charge in [0.05, 0.1) is 30.6 Å². The summed E-state index contributed by atoms with van der Waals surface area (Å²) in [6.45, 7) is 22.9. The molecule has 0 radical (unpaired) electrons. The molecule has 3 rings (SSSR count). The summed E-state index contributed by atoms with van der Waals surface area (Å²) in [6, 6.07) is -1.58. The topological polar surface area (TPSA) is 90.4 Å². The number of hydrogen-bond donors (Lipinski definition) is 1. The number of rotatable bonds is 12. The Morgan fingerprint density at radius 1 is 1.21 bits per heavy atom. The maximum Gasteiger partial charge on any atom is 0.249 e. The van der Waals surface area contributed by atoms with Gasteiger partial charge in [-0.2, -0.15) is 0 Å². The van der Waals surface area contributed by atoms with E-state index in [-0.39, 0.29) is 34.6 Å². The zero-order valence-electron chi connectivity index (χ0n) is 24.8. The van der Waals surface area contributed by atoms with Gasteiger partial charge in [-0.1, -0.05) is 55.8 Å². The van der Waals surface area contributed by atoms with Crippen molar-refractivity contribution in [1.29, 1.82) is 0 Å². The van der Waals surface area contributed by atoms with E-state index in [1.54, 1.807) is 28.9 Å². The highest BCUT2D eigenvalue weighted by molar-refractivity contribution is 9.09. The van der Waals surface area contributed by atoms with E-state index in [4.69, 9.17) is 4.74 Å². The van der Waals surface area contributed by atoms with Crippen LogP contribution in [0.2, 0.25) is 0 Å². The van der Waals surface area contributed by atoms with Crippen molar-refractivity contribution in [3.8, 4) is 0 Å². The van der Waals surface area contributed by atoms with Crippen LogP contribution >= 0.6 is 15.9 Å². The quantitative estimate of drug-likeness (QED) is 0.269. The summed E-state index contributed by atoms with van der Waals surface area (Å²) in [6.07, 6.45) is 4.81. The molecule has 3 heterocycles. The molecule has 1 N–H and O–H groups in total. The van der Waals surface area contributed by atoms with Crippen LogP contribution in [0.25, 0.3) is 0 Å². The second kappa shape index (κ2) is 11.6. The number of alkyl halides is 1. The number of hydrogen-bond acceptors (Lipinski definition) is 5. The molecule has 0 aliphatic carbocycles. The van der Waals surface area contributed by atoms with Crippen LogP contribution in [0, 0.1) is 17.3 Å². The standard InChI is InChI=1S/C30H48BrN3O5/c1-10-13-32(14-11-2)25(36)21-22-26(37)34(19(4)17-35)24(30(22)16-20(31)23(21)39-30)27(38)33(15-12-3)29(8,9)18-28(5,6)7/h10,12,19-24,35H,1,3,11,13-18H2,2,4-9H3/t19-,20?,21+,22+,23+,24?,30?/m1/s1. The second-order valence-electron chi connectivity index (χ2n) is 13.3. The molecule has 3 fully saturated rings. The Morgan fingerprint density at radius 2 is 1.82 bits per heavy atom. The molecule has 0 saturated carbocycles. The van der Waals surface area contributed by atoms with Gasteiger partial charge in [0.15, 0.2) is 0 Å². The summed E-state index contributed by atoms with van der Waals surface area (Å²) in [5.74, 6) is -2.19. The molecule has 0 aromatic heterocycles. The number of nitrogens with zero attached hydrogens (tertiary/aromatic N) is 3. The summed E-state index contributed by atoms with van der Waals surface area (Å²) in [5, 5.41) is 10.2. The molecule has 2 bridgehead atoms. The van der Waals surface area contributed by atoms with Gasteiger partial charge in [0, 0.05) is 30.0 Å². The lowest BCUT2D eigenvalue weighted by molar-refractivity contribution is -0.155. The van der Waals surface area contributed by atoms with Gasteiger partial charge in [0.2, 0.25) is 17.7 Å². The second-order valence-corrected chi connectivity index (χ2v) is 14.5. The Labute approximate surface area is 242 Å². The van der Waals surface area contributed by atoms with Gasteiger partial charge in [0.25, 0.3) is 0 Å². The number of fused-ring (bicyclic) bond motifs is 1. The maximum atomic E-state index is 14.7. The summed E-state index contributed by atoms with van der Waals surface area (Å²) >= 11 is 3.74. The van der Waals surface area contributed by atoms with Crippen LogP contribution in [0.15, 0.2) is 25.3 Å². The normalized spacial score (nSPS) is 30.7. The molecule has 3 amide bonds. The minimum atomic E-state index is -1.17. The van der Waals surface area contributed by atoms with E-state index in [1.807, 2.05) is 20.8 Å². The number of carbonyl (C=O) groups excluding carboxylic acids is 3. The first-order valence-corrected chi connectivity index (χ1v) is 15.1. The number of amides is 3. The van der Waals surface area contributed by atoms with Crippen LogP contribution < -0.4 is 0 Å². The number of likely N-dealkylation sites (tertiary alicyclic amines) is 1. The Balaban J connectivity index is 2.13. The van der Waals surface area contributed by atoms with E-state index < -0.39 is 41.2 Å². The molecule has 0 aromatic carbocycles. The average Bonchev–Trinajstić information content (AvgIpc) is 3.42. The van der Waals surface area contributed by atoms with Gasteiger partial charge in [-0.25, -0.2) is 0 Å². The van der Waals surface area contributed by atoms with Gasteiger partial charge in [0.1, 0.15) is 11.6 Å². The van der Waals surface area contributed by atoms with Crippen LogP contribution in [-0.4, -0.2) is 97.9 Å². The van der Waals surface area contributed by atoms with E-state index >= 15 is 0 Å². The average molecular weight is 611 g/mol. The van der Waals surface area contributed by atoms with E-state index in [0.29, 0.717) is 26.1 Å². The van der Waals surface area contributed by atoms with Crippen molar-refractivity contribution in [2.45, 2.75) is 102 Å². The molecule has 0 aromatic rings. The fourth-order valence-electron chi connectivity index (χ4n) is 7.42. The van der Waals surface area contributed by atoms with Crippen LogP contribution in [0.4, 0.5) is 0 Å². The highest BCUT2D eigenvalue weighted by Gasteiger charge is 2.77. The first kappa shape index (κ1) is 31.8. The van der Waals surface area contributed by atoms with Crippen molar-refractivity contribution in [2.75, 3.05) is 26.2 Å². The predicted octanol–water partition coefficient (Wildman–Crippen LogP) is 3.77. The van der Waals surface area contributed by atoms with Crippen LogP contribution in [0.3, 0.4) is 0 Å². The molecule has 3 unspecified atom stereocenters. The highest BCUT2D eigenvalue weighted by Crippen LogP contribution is 2.61. The molecule has 3 saturated heterocycles. The van der Waals surface area contributed by atoms with Gasteiger partial charge in [-0.15, -0.1) is 13.2 Å². The lowest BCUT2D eigenvalue weighted by Gasteiger charge is -2.46. The first-order valence-electron chi connectivity index (χ1n) is 14.2. The first-order chi connectivity index (χ1) is 18.1. The molecule has 3 aliphatic heterocycles. The summed E-state index contributed by atoms with van der Waals surface area (Å²) < 4.78 is 6.67. The van der Waals surface area contributed by atoms with E-state index in [2.05, 4.69) is 49.9 Å². The van der Waals surface area contributed by atoms with Crippen molar-refractivity contribution in [2.24, 2.45) is 17.3 Å². The Hall–Kier alpha value is -1.71. The van der Waals surface area contributed by atoms with Crippen molar-refractivity contribution in [1.82, 2.24) is 14.7 Å². The van der Waals surface area contributed by atoms with Crippen LogP contribution in [0.5, 0.6) is 0 Å². The fourth-order valence-corrected chi connectivity index (χ4v) is 8.37. The Kier molecular flexibility index (Phi) is 9.50. The lowest BCUT2D eigenvalue weighted by atomic mass is 9.70. The van der Waals surface area contributed by atoms with Gasteiger partial charge in [-0.3, -0.25) is 14.4 Å². The van der Waals surface area contributed by atoms with Gasteiger partial charge >= 0.3 is 0 Å². The summed E-state index contributed by atoms with van der Waals surface area (Å²) in [7, 11) is 0. The highest BCUT2D eigenvalue weighted by atomic mass is 79.9. The smallest absolute Gasteiger partial charge is 0.249 e. The molecule has 7 atom stereocenters. The minimum Gasteiger partial charge on any atom is -0.394 e. The molecule has 39 heavy (non-hydrogen) atoms. The van der Waals surface area contributed by atoms with Crippen molar-refractivity contribution in [3.05, 3.63) is 25.3 Å². The number of ether oxygens (including phenoxy) is 1. The van der Waals surface area contributed by atoms with Crippen molar-refractivity contribution < 1.29 is 24.2 Å². The zero-order valence-corrected chi connectivity index (χ0v) is 26.4. The summed E-state index contributed by atoms with van der Waals surface area (Å²) in [5.41, 5.74) is -1.76. The third-order valence-electron chi connectivity index (χ3n) is 8.41. The number of aliphatic hydroxyl groups excluding tert-OH is 1. The molecule has 220 valence electrons. The van der Waals surface area contributed by atoms with Gasteiger partial charge < -0.3 is 24.5 Å². The van der Waals surface area contributed by atoms with E-state index in [1.165, 1.54) is 4.90 Å².